The molecule has 1 aliphatic carbocycles. The molecule has 20 heavy (non-hydrogen) atoms. The van der Waals surface area contributed by atoms with Crippen molar-refractivity contribution in [2.45, 2.75) is 37.7 Å². The van der Waals surface area contributed by atoms with E-state index in [1.165, 1.54) is 12.1 Å². The van der Waals surface area contributed by atoms with Crippen molar-refractivity contribution in [3.05, 3.63) is 47.1 Å². The number of aromatic nitrogens is 2. The lowest BCUT2D eigenvalue weighted by Gasteiger charge is -2.35. The molecule has 0 radical (unpaired) electrons. The molecule has 1 heterocycles. The maximum Gasteiger partial charge on any atom is 0.229 e. The Labute approximate surface area is 114 Å². The first-order valence-corrected chi connectivity index (χ1v) is 6.52. The van der Waals surface area contributed by atoms with Gasteiger partial charge in [-0.15, -0.1) is 0 Å². The summed E-state index contributed by atoms with van der Waals surface area (Å²) in [6.45, 7) is 0. The van der Waals surface area contributed by atoms with Crippen molar-refractivity contribution < 1.29 is 18.4 Å². The maximum atomic E-state index is 13.5. The molecule has 0 spiro atoms. The summed E-state index contributed by atoms with van der Waals surface area (Å²) < 4.78 is 31.4. The minimum atomic E-state index is -0.731. The summed E-state index contributed by atoms with van der Waals surface area (Å²) in [4.78, 5) is 4.14. The van der Waals surface area contributed by atoms with Gasteiger partial charge >= 0.3 is 0 Å². The van der Waals surface area contributed by atoms with Gasteiger partial charge in [-0.3, -0.25) is 0 Å². The first-order chi connectivity index (χ1) is 9.54. The predicted octanol–water partition coefficient (Wildman–Crippen LogP) is 2.40. The summed E-state index contributed by atoms with van der Waals surface area (Å²) in [5.74, 6) is -0.570. The first kappa shape index (κ1) is 13.2. The van der Waals surface area contributed by atoms with Crippen LogP contribution in [0.2, 0.25) is 0 Å². The molecule has 2 aromatic rings. The van der Waals surface area contributed by atoms with Gasteiger partial charge in [0.25, 0.3) is 0 Å². The summed E-state index contributed by atoms with van der Waals surface area (Å²) in [5, 5.41) is 13.8. The van der Waals surface area contributed by atoms with E-state index in [0.717, 1.165) is 25.3 Å². The number of hydrogen-bond donors (Lipinski definition) is 1. The maximum absolute atomic E-state index is 13.5. The van der Waals surface area contributed by atoms with Gasteiger partial charge in [0.2, 0.25) is 5.89 Å². The molecule has 1 N–H and O–H groups in total. The van der Waals surface area contributed by atoms with Gasteiger partial charge in [0.1, 0.15) is 11.6 Å². The van der Waals surface area contributed by atoms with Crippen molar-refractivity contribution in [3.8, 4) is 0 Å². The SMILES string of the molecule is OC1(Cc2nc(Cc3ccc(F)cc3F)no2)CCC1. The Balaban J connectivity index is 1.70. The predicted molar refractivity (Wildman–Crippen MR) is 66.0 cm³/mol. The zero-order chi connectivity index (χ0) is 14.2. The van der Waals surface area contributed by atoms with Gasteiger partial charge in [-0.2, -0.15) is 4.98 Å². The van der Waals surface area contributed by atoms with Crippen LogP contribution < -0.4 is 0 Å². The second-order valence-corrected chi connectivity index (χ2v) is 5.27. The highest BCUT2D eigenvalue weighted by atomic mass is 19.1. The van der Waals surface area contributed by atoms with E-state index < -0.39 is 17.2 Å². The summed E-state index contributed by atoms with van der Waals surface area (Å²) in [7, 11) is 0. The van der Waals surface area contributed by atoms with E-state index in [1.54, 1.807) is 0 Å². The molecule has 0 bridgehead atoms. The number of hydrogen-bond acceptors (Lipinski definition) is 4. The molecule has 0 amide bonds. The van der Waals surface area contributed by atoms with Crippen LogP contribution in [0.1, 0.15) is 36.5 Å². The molecule has 1 aromatic heterocycles. The highest BCUT2D eigenvalue weighted by Gasteiger charge is 2.36. The van der Waals surface area contributed by atoms with Crippen molar-refractivity contribution in [2.75, 3.05) is 0 Å². The zero-order valence-corrected chi connectivity index (χ0v) is 10.8. The molecule has 4 nitrogen and oxygen atoms in total. The van der Waals surface area contributed by atoms with Gasteiger partial charge in [-0.25, -0.2) is 8.78 Å². The van der Waals surface area contributed by atoms with Crippen molar-refractivity contribution in [1.82, 2.24) is 10.1 Å². The third kappa shape index (κ3) is 2.70. The minimum absolute atomic E-state index is 0.133. The minimum Gasteiger partial charge on any atom is -0.389 e. The number of halogens is 2. The molecule has 1 saturated carbocycles. The average Bonchev–Trinajstić information content (AvgIpc) is 2.78. The summed E-state index contributed by atoms with van der Waals surface area (Å²) >= 11 is 0. The molecule has 6 heteroatoms. The summed E-state index contributed by atoms with van der Waals surface area (Å²) in [6.07, 6.45) is 2.92. The quantitative estimate of drug-likeness (QED) is 0.934. The second-order valence-electron chi connectivity index (χ2n) is 5.27. The number of benzene rings is 1. The van der Waals surface area contributed by atoms with Crippen LogP contribution in [0.15, 0.2) is 22.7 Å². The normalized spacial score (nSPS) is 16.9. The van der Waals surface area contributed by atoms with Crippen LogP contribution in [0.25, 0.3) is 0 Å². The van der Waals surface area contributed by atoms with Crippen molar-refractivity contribution in [3.63, 3.8) is 0 Å². The Morgan fingerprint density at radius 1 is 1.30 bits per heavy atom. The average molecular weight is 280 g/mol. The van der Waals surface area contributed by atoms with Crippen LogP contribution in [-0.4, -0.2) is 20.8 Å². The third-order valence-corrected chi connectivity index (χ3v) is 3.64. The molecule has 1 aromatic carbocycles. The lowest BCUT2D eigenvalue weighted by molar-refractivity contribution is -0.0378. The molecule has 0 atom stereocenters. The standard InChI is InChI=1S/C14H14F2N2O2/c15-10-3-2-9(11(16)7-10)6-12-17-13(20-18-12)8-14(19)4-1-5-14/h2-3,7,19H,1,4-6,8H2. The lowest BCUT2D eigenvalue weighted by Crippen LogP contribution is -2.39. The number of nitrogens with zero attached hydrogens (tertiary/aromatic N) is 2. The van der Waals surface area contributed by atoms with Crippen LogP contribution in [0.3, 0.4) is 0 Å². The molecular formula is C14H14F2N2O2. The van der Waals surface area contributed by atoms with Crippen LogP contribution >= 0.6 is 0 Å². The van der Waals surface area contributed by atoms with E-state index in [4.69, 9.17) is 4.52 Å². The highest BCUT2D eigenvalue weighted by molar-refractivity contribution is 5.21. The van der Waals surface area contributed by atoms with Gasteiger partial charge in [0.05, 0.1) is 12.0 Å². The molecule has 1 aliphatic rings. The van der Waals surface area contributed by atoms with Gasteiger partial charge in [0, 0.05) is 12.5 Å². The van der Waals surface area contributed by atoms with E-state index in [2.05, 4.69) is 10.1 Å². The molecule has 106 valence electrons. The largest absolute Gasteiger partial charge is 0.389 e. The van der Waals surface area contributed by atoms with Gasteiger partial charge in [0.15, 0.2) is 5.82 Å². The first-order valence-electron chi connectivity index (χ1n) is 6.52. The zero-order valence-electron chi connectivity index (χ0n) is 10.8. The van der Waals surface area contributed by atoms with Crippen LogP contribution in [-0.2, 0) is 12.8 Å². The Morgan fingerprint density at radius 2 is 2.10 bits per heavy atom. The topological polar surface area (TPSA) is 59.2 Å². The van der Waals surface area contributed by atoms with Crippen molar-refractivity contribution >= 4 is 0 Å². The fourth-order valence-corrected chi connectivity index (χ4v) is 2.31. The summed E-state index contributed by atoms with van der Waals surface area (Å²) in [5.41, 5.74) is -0.425. The molecule has 0 aliphatic heterocycles. The summed E-state index contributed by atoms with van der Waals surface area (Å²) in [6, 6.07) is 3.38. The van der Waals surface area contributed by atoms with Crippen LogP contribution in [0.4, 0.5) is 8.78 Å². The van der Waals surface area contributed by atoms with Crippen molar-refractivity contribution in [1.29, 1.82) is 0 Å². The van der Waals surface area contributed by atoms with E-state index >= 15 is 0 Å². The lowest BCUT2D eigenvalue weighted by atomic mass is 9.78. The van der Waals surface area contributed by atoms with Gasteiger partial charge in [-0.05, 0) is 30.9 Å². The fraction of sp³-hybridized carbons (Fsp3) is 0.429. The highest BCUT2D eigenvalue weighted by Crippen LogP contribution is 2.34. The van der Waals surface area contributed by atoms with Gasteiger partial charge < -0.3 is 9.63 Å². The number of aliphatic hydroxyl groups is 1. The number of rotatable bonds is 4. The van der Waals surface area contributed by atoms with E-state index in [0.29, 0.717) is 23.7 Å². The Bertz CT molecular complexity index is 623. The molecule has 0 saturated heterocycles. The van der Waals surface area contributed by atoms with E-state index in [1.807, 2.05) is 0 Å². The smallest absolute Gasteiger partial charge is 0.229 e. The monoisotopic (exact) mass is 280 g/mol. The van der Waals surface area contributed by atoms with E-state index in [9.17, 15) is 13.9 Å². The molecular weight excluding hydrogens is 266 g/mol. The Hall–Kier alpha value is -1.82. The van der Waals surface area contributed by atoms with E-state index in [-0.39, 0.29) is 6.42 Å². The van der Waals surface area contributed by atoms with Gasteiger partial charge in [-0.1, -0.05) is 11.2 Å². The Kier molecular flexibility index (Phi) is 3.25. The second kappa shape index (κ2) is 4.94. The van der Waals surface area contributed by atoms with Crippen molar-refractivity contribution in [2.24, 2.45) is 0 Å². The Morgan fingerprint density at radius 3 is 2.75 bits per heavy atom. The third-order valence-electron chi connectivity index (χ3n) is 3.64. The molecule has 1 fully saturated rings. The molecule has 3 rings (SSSR count). The molecule has 0 unspecified atom stereocenters. The fourth-order valence-electron chi connectivity index (χ4n) is 2.31. The van der Waals surface area contributed by atoms with Crippen LogP contribution in [0.5, 0.6) is 0 Å². The van der Waals surface area contributed by atoms with Crippen LogP contribution in [0, 0.1) is 11.6 Å².